The van der Waals surface area contributed by atoms with Crippen LogP contribution in [0.4, 0.5) is 5.13 Å². The highest BCUT2D eigenvalue weighted by molar-refractivity contribution is 7.16. The van der Waals surface area contributed by atoms with Gasteiger partial charge in [-0.1, -0.05) is 29.6 Å². The Labute approximate surface area is 163 Å². The molecule has 11 heteroatoms. The number of nitrogens with zero attached hydrogens (tertiary/aromatic N) is 4. The summed E-state index contributed by atoms with van der Waals surface area (Å²) in [6.07, 6.45) is 3.91. The highest BCUT2D eigenvalue weighted by Crippen LogP contribution is 2.18. The lowest BCUT2D eigenvalue weighted by Crippen LogP contribution is -2.22. The van der Waals surface area contributed by atoms with Crippen LogP contribution in [0.2, 0.25) is 0 Å². The van der Waals surface area contributed by atoms with Crippen LogP contribution in [0.25, 0.3) is 0 Å². The molecule has 0 aliphatic rings. The summed E-state index contributed by atoms with van der Waals surface area (Å²) in [5.41, 5.74) is 0. The molecule has 0 aliphatic carbocycles. The Kier molecular flexibility index (Phi) is 6.60. The first-order chi connectivity index (χ1) is 13.1. The van der Waals surface area contributed by atoms with Crippen LogP contribution in [0.3, 0.4) is 0 Å². The smallest absolute Gasteiger partial charge is 0.288 e. The van der Waals surface area contributed by atoms with E-state index in [1.807, 2.05) is 6.92 Å². The Morgan fingerprint density at radius 3 is 2.74 bits per heavy atom. The fraction of sp³-hybridized carbons (Fsp3) is 0.375. The van der Waals surface area contributed by atoms with Gasteiger partial charge in [-0.3, -0.25) is 14.9 Å². The molecule has 0 saturated carbocycles. The van der Waals surface area contributed by atoms with Gasteiger partial charge in [0.25, 0.3) is 5.91 Å². The molecule has 0 fully saturated rings. The minimum absolute atomic E-state index is 0.0584. The lowest BCUT2D eigenvalue weighted by molar-refractivity contribution is -0.121. The van der Waals surface area contributed by atoms with E-state index in [4.69, 9.17) is 4.42 Å². The summed E-state index contributed by atoms with van der Waals surface area (Å²) in [5.74, 6) is 0.301. The summed E-state index contributed by atoms with van der Waals surface area (Å²) in [7, 11) is 0. The largest absolute Gasteiger partial charge is 0.467 e. The van der Waals surface area contributed by atoms with Gasteiger partial charge >= 0.3 is 0 Å². The predicted molar refractivity (Wildman–Crippen MR) is 101 cm³/mol. The maximum absolute atomic E-state index is 12.2. The molecule has 3 aromatic rings. The van der Waals surface area contributed by atoms with Crippen LogP contribution in [0.5, 0.6) is 0 Å². The molecule has 0 aromatic carbocycles. The molecule has 142 valence electrons. The standard InChI is InChI=1S/C16H18N6O3S2/c1-2-12-19-22-16(27-12)18-14(24)15-21-20-13(26-15)7-3-6-11(23)17-9-10-5-4-8-25-10/h4-5,8H,2-3,6-7,9H2,1H3,(H,17,23)(H,18,22,24). The van der Waals surface area contributed by atoms with Gasteiger partial charge in [0.1, 0.15) is 15.8 Å². The normalized spacial score (nSPS) is 10.7. The van der Waals surface area contributed by atoms with Gasteiger partial charge in [-0.25, -0.2) is 0 Å². The fourth-order valence-electron chi connectivity index (χ4n) is 2.13. The third-order valence-corrected chi connectivity index (χ3v) is 5.45. The van der Waals surface area contributed by atoms with E-state index < -0.39 is 0 Å². The lowest BCUT2D eigenvalue weighted by Gasteiger charge is -2.02. The maximum Gasteiger partial charge on any atom is 0.288 e. The summed E-state index contributed by atoms with van der Waals surface area (Å²) >= 11 is 2.55. The molecule has 0 saturated heterocycles. The van der Waals surface area contributed by atoms with Crippen molar-refractivity contribution in [2.75, 3.05) is 5.32 Å². The van der Waals surface area contributed by atoms with Crippen molar-refractivity contribution in [2.24, 2.45) is 0 Å². The van der Waals surface area contributed by atoms with Crippen molar-refractivity contribution in [3.63, 3.8) is 0 Å². The first-order valence-electron chi connectivity index (χ1n) is 8.39. The SMILES string of the molecule is CCc1nnc(NC(=O)c2nnc(CCCC(=O)NCc3ccco3)s2)s1. The van der Waals surface area contributed by atoms with Crippen LogP contribution in [-0.4, -0.2) is 32.2 Å². The average Bonchev–Trinajstić information content (AvgIpc) is 3.41. The van der Waals surface area contributed by atoms with E-state index in [-0.39, 0.29) is 16.8 Å². The van der Waals surface area contributed by atoms with Gasteiger partial charge in [0.05, 0.1) is 12.8 Å². The van der Waals surface area contributed by atoms with Gasteiger partial charge in [0.2, 0.25) is 16.0 Å². The molecule has 3 aromatic heterocycles. The van der Waals surface area contributed by atoms with Crippen LogP contribution >= 0.6 is 22.7 Å². The van der Waals surface area contributed by atoms with Gasteiger partial charge in [0.15, 0.2) is 0 Å². The molecule has 3 heterocycles. The Hall–Kier alpha value is -2.66. The van der Waals surface area contributed by atoms with E-state index >= 15 is 0 Å². The summed E-state index contributed by atoms with van der Waals surface area (Å²) < 4.78 is 5.16. The molecule has 0 radical (unpaired) electrons. The highest BCUT2D eigenvalue weighted by atomic mass is 32.1. The van der Waals surface area contributed by atoms with E-state index in [1.54, 1.807) is 18.4 Å². The third-order valence-electron chi connectivity index (χ3n) is 3.49. The molecule has 0 bridgehead atoms. The Morgan fingerprint density at radius 1 is 1.15 bits per heavy atom. The fourth-order valence-corrected chi connectivity index (χ4v) is 3.58. The van der Waals surface area contributed by atoms with Crippen LogP contribution < -0.4 is 10.6 Å². The first-order valence-corrected chi connectivity index (χ1v) is 10.0. The minimum atomic E-state index is -0.353. The molecule has 0 unspecified atom stereocenters. The predicted octanol–water partition coefficient (Wildman–Crippen LogP) is 2.44. The quantitative estimate of drug-likeness (QED) is 0.559. The number of aryl methyl sites for hydroxylation is 2. The minimum Gasteiger partial charge on any atom is -0.467 e. The maximum atomic E-state index is 12.2. The van der Waals surface area contributed by atoms with Crippen molar-refractivity contribution in [3.8, 4) is 0 Å². The molecule has 0 aliphatic heterocycles. The molecule has 2 N–H and O–H groups in total. The topological polar surface area (TPSA) is 123 Å². The number of hydrogen-bond donors (Lipinski definition) is 2. The number of carbonyl (C=O) groups is 2. The van der Waals surface area contributed by atoms with E-state index in [0.717, 1.165) is 11.4 Å². The van der Waals surface area contributed by atoms with Crippen LogP contribution in [0.15, 0.2) is 22.8 Å². The first kappa shape index (κ1) is 19.1. The van der Waals surface area contributed by atoms with E-state index in [2.05, 4.69) is 31.0 Å². The van der Waals surface area contributed by atoms with Crippen LogP contribution in [-0.2, 0) is 24.2 Å². The molecule has 9 nitrogen and oxygen atoms in total. The van der Waals surface area contributed by atoms with Gasteiger partial charge in [-0.05, 0) is 25.0 Å². The number of hydrogen-bond acceptors (Lipinski definition) is 9. The van der Waals surface area contributed by atoms with Crippen molar-refractivity contribution < 1.29 is 14.0 Å². The van der Waals surface area contributed by atoms with Crippen molar-refractivity contribution in [1.29, 1.82) is 0 Å². The second-order valence-corrected chi connectivity index (χ2v) is 7.64. The number of aromatic nitrogens is 4. The number of nitrogens with one attached hydrogen (secondary N) is 2. The monoisotopic (exact) mass is 406 g/mol. The summed E-state index contributed by atoms with van der Waals surface area (Å²) in [4.78, 5) is 24.0. The zero-order valence-corrected chi connectivity index (χ0v) is 16.2. The van der Waals surface area contributed by atoms with E-state index in [1.165, 1.54) is 22.7 Å². The second kappa shape index (κ2) is 9.33. The second-order valence-electron chi connectivity index (χ2n) is 5.52. The zero-order valence-electron chi connectivity index (χ0n) is 14.6. The summed E-state index contributed by atoms with van der Waals surface area (Å²) in [5, 5.41) is 23.5. The zero-order chi connectivity index (χ0) is 19.1. The Balaban J connectivity index is 1.40. The van der Waals surface area contributed by atoms with Gasteiger partial charge in [0, 0.05) is 12.8 Å². The number of rotatable bonds is 9. The molecular weight excluding hydrogens is 388 g/mol. The Bertz CT molecular complexity index is 890. The summed E-state index contributed by atoms with van der Waals surface area (Å²) in [6.45, 7) is 2.35. The Morgan fingerprint density at radius 2 is 2.00 bits per heavy atom. The average molecular weight is 406 g/mol. The van der Waals surface area contributed by atoms with Gasteiger partial charge in [-0.15, -0.1) is 20.4 Å². The molecule has 0 atom stereocenters. The van der Waals surface area contributed by atoms with Crippen molar-refractivity contribution in [3.05, 3.63) is 39.2 Å². The van der Waals surface area contributed by atoms with Gasteiger partial charge in [-0.2, -0.15) is 0 Å². The molecular formula is C16H18N6O3S2. The van der Waals surface area contributed by atoms with Gasteiger partial charge < -0.3 is 9.73 Å². The van der Waals surface area contributed by atoms with Crippen molar-refractivity contribution in [2.45, 2.75) is 39.2 Å². The van der Waals surface area contributed by atoms with Crippen molar-refractivity contribution >= 4 is 39.6 Å². The number of anilines is 1. The van der Waals surface area contributed by atoms with E-state index in [0.29, 0.717) is 41.7 Å². The molecule has 0 spiro atoms. The molecule has 27 heavy (non-hydrogen) atoms. The number of furan rings is 1. The van der Waals surface area contributed by atoms with Crippen LogP contribution in [0, 0.1) is 0 Å². The van der Waals surface area contributed by atoms with Crippen molar-refractivity contribution in [1.82, 2.24) is 25.7 Å². The summed E-state index contributed by atoms with van der Waals surface area (Å²) in [6, 6.07) is 3.58. The molecule has 2 amide bonds. The third kappa shape index (κ3) is 5.66. The van der Waals surface area contributed by atoms with Crippen LogP contribution in [0.1, 0.15) is 45.3 Å². The molecule has 3 rings (SSSR count). The highest BCUT2D eigenvalue weighted by Gasteiger charge is 2.15. The van der Waals surface area contributed by atoms with E-state index in [9.17, 15) is 9.59 Å². The lowest BCUT2D eigenvalue weighted by atomic mass is 10.2. The number of carbonyl (C=O) groups excluding carboxylic acids is 2. The number of amides is 2.